The molecule has 0 aliphatic carbocycles. The van der Waals surface area contributed by atoms with Crippen LogP contribution in [-0.4, -0.2) is 5.91 Å². The number of nitrogens with one attached hydrogen (secondary N) is 1. The summed E-state index contributed by atoms with van der Waals surface area (Å²) < 4.78 is 5.39. The fourth-order valence-corrected chi connectivity index (χ4v) is 1.82. The predicted molar refractivity (Wildman–Crippen MR) is 76.8 cm³/mol. The molecule has 1 heterocycles. The zero-order valence-electron chi connectivity index (χ0n) is 11.2. The minimum Gasteiger partial charge on any atom is -0.454 e. The Hall–Kier alpha value is -1.74. The average molecular weight is 278 g/mol. The second-order valence-corrected chi connectivity index (χ2v) is 5.23. The lowest BCUT2D eigenvalue weighted by Gasteiger charge is -2.06. The second kappa shape index (κ2) is 5.49. The van der Waals surface area contributed by atoms with Gasteiger partial charge in [-0.3, -0.25) is 4.79 Å². The molecule has 0 aliphatic heterocycles. The van der Waals surface area contributed by atoms with Crippen LogP contribution in [0.3, 0.4) is 0 Å². The second-order valence-electron chi connectivity index (χ2n) is 4.57. The molecule has 4 heteroatoms. The molecule has 1 unspecified atom stereocenters. The predicted octanol–water partition coefficient (Wildman–Crippen LogP) is 4.45. The maximum Gasteiger partial charge on any atom is 0.291 e. The lowest BCUT2D eigenvalue weighted by atomic mass is 10.1. The van der Waals surface area contributed by atoms with E-state index in [2.05, 4.69) is 5.32 Å². The number of anilines is 1. The fraction of sp³-hybridized carbons (Fsp3) is 0.267. The Morgan fingerprint density at radius 2 is 1.95 bits per heavy atom. The smallest absolute Gasteiger partial charge is 0.291 e. The van der Waals surface area contributed by atoms with Gasteiger partial charge in [0, 0.05) is 5.69 Å². The molecule has 0 saturated carbocycles. The third-order valence-electron chi connectivity index (χ3n) is 3.01. The number of furan rings is 1. The van der Waals surface area contributed by atoms with Crippen molar-refractivity contribution < 1.29 is 9.21 Å². The molecular weight excluding hydrogens is 262 g/mol. The lowest BCUT2D eigenvalue weighted by Crippen LogP contribution is -2.11. The van der Waals surface area contributed by atoms with Crippen molar-refractivity contribution in [2.24, 2.45) is 0 Å². The number of halogens is 1. The first-order valence-corrected chi connectivity index (χ1v) is 6.53. The van der Waals surface area contributed by atoms with Crippen LogP contribution >= 0.6 is 11.6 Å². The maximum absolute atomic E-state index is 12.0. The highest BCUT2D eigenvalue weighted by atomic mass is 35.5. The minimum atomic E-state index is -0.271. The summed E-state index contributed by atoms with van der Waals surface area (Å²) in [5.74, 6) is 0.583. The van der Waals surface area contributed by atoms with Crippen LogP contribution in [0.5, 0.6) is 0 Å². The highest BCUT2D eigenvalue weighted by Gasteiger charge is 2.14. The minimum absolute atomic E-state index is 0.247. The maximum atomic E-state index is 12.0. The van der Waals surface area contributed by atoms with Crippen molar-refractivity contribution in [3.05, 3.63) is 53.0 Å². The largest absolute Gasteiger partial charge is 0.454 e. The molecule has 0 fully saturated rings. The van der Waals surface area contributed by atoms with E-state index in [1.54, 1.807) is 19.1 Å². The van der Waals surface area contributed by atoms with Gasteiger partial charge in [0.05, 0.1) is 5.38 Å². The summed E-state index contributed by atoms with van der Waals surface area (Å²) >= 11 is 5.89. The number of rotatable bonds is 3. The number of amides is 1. The van der Waals surface area contributed by atoms with Gasteiger partial charge in [-0.05, 0) is 56.2 Å². The van der Waals surface area contributed by atoms with Crippen LogP contribution in [0, 0.1) is 13.8 Å². The number of hydrogen-bond acceptors (Lipinski definition) is 2. The van der Waals surface area contributed by atoms with Gasteiger partial charge in [-0.15, -0.1) is 11.6 Å². The van der Waals surface area contributed by atoms with E-state index in [0.29, 0.717) is 5.76 Å². The van der Waals surface area contributed by atoms with Crippen molar-refractivity contribution in [3.8, 4) is 0 Å². The zero-order valence-corrected chi connectivity index (χ0v) is 11.9. The summed E-state index contributed by atoms with van der Waals surface area (Å²) in [6, 6.07) is 9.12. The van der Waals surface area contributed by atoms with Crippen LogP contribution in [0.2, 0.25) is 0 Å². The van der Waals surface area contributed by atoms with Crippen LogP contribution in [-0.2, 0) is 0 Å². The van der Waals surface area contributed by atoms with E-state index >= 15 is 0 Å². The Labute approximate surface area is 117 Å². The van der Waals surface area contributed by atoms with Crippen molar-refractivity contribution >= 4 is 23.2 Å². The van der Waals surface area contributed by atoms with E-state index in [1.165, 1.54) is 5.56 Å². The van der Waals surface area contributed by atoms with Gasteiger partial charge >= 0.3 is 0 Å². The molecule has 2 aromatic rings. The molecule has 1 N–H and O–H groups in total. The van der Waals surface area contributed by atoms with Gasteiger partial charge < -0.3 is 9.73 Å². The summed E-state index contributed by atoms with van der Waals surface area (Å²) in [6.07, 6.45) is 0. The van der Waals surface area contributed by atoms with E-state index in [1.807, 2.05) is 32.0 Å². The summed E-state index contributed by atoms with van der Waals surface area (Å²) in [6.45, 7) is 5.83. The molecule has 2 rings (SSSR count). The Kier molecular flexibility index (Phi) is 3.96. The third kappa shape index (κ3) is 3.18. The van der Waals surface area contributed by atoms with Crippen LogP contribution in [0.15, 0.2) is 34.7 Å². The van der Waals surface area contributed by atoms with Crippen molar-refractivity contribution in [2.45, 2.75) is 26.1 Å². The Bertz CT molecular complexity index is 602. The summed E-state index contributed by atoms with van der Waals surface area (Å²) in [5, 5.41) is 2.56. The molecule has 100 valence electrons. The molecule has 0 bridgehead atoms. The molecule has 0 saturated heterocycles. The average Bonchev–Trinajstić information content (AvgIpc) is 2.83. The molecule has 19 heavy (non-hydrogen) atoms. The number of carbonyl (C=O) groups is 1. The first-order valence-electron chi connectivity index (χ1n) is 6.10. The highest BCUT2D eigenvalue weighted by molar-refractivity contribution is 6.20. The van der Waals surface area contributed by atoms with Crippen molar-refractivity contribution in [2.75, 3.05) is 5.32 Å². The summed E-state index contributed by atoms with van der Waals surface area (Å²) in [4.78, 5) is 12.0. The molecule has 1 aromatic heterocycles. The van der Waals surface area contributed by atoms with Crippen LogP contribution < -0.4 is 5.32 Å². The van der Waals surface area contributed by atoms with Gasteiger partial charge in [0.2, 0.25) is 0 Å². The standard InChI is InChI=1S/C15H16ClNO2/c1-9-4-5-12(8-10(9)2)17-15(18)14-7-6-13(19-14)11(3)16/h4-8,11H,1-3H3,(H,17,18). The van der Waals surface area contributed by atoms with Crippen LogP contribution in [0.4, 0.5) is 5.69 Å². The number of alkyl halides is 1. The van der Waals surface area contributed by atoms with Gasteiger partial charge in [-0.2, -0.15) is 0 Å². The molecule has 0 aliphatic rings. The van der Waals surface area contributed by atoms with E-state index < -0.39 is 0 Å². The topological polar surface area (TPSA) is 42.2 Å². The molecule has 1 aromatic carbocycles. The Morgan fingerprint density at radius 1 is 1.21 bits per heavy atom. The molecule has 1 atom stereocenters. The first-order chi connectivity index (χ1) is 8.97. The van der Waals surface area contributed by atoms with E-state index in [4.69, 9.17) is 16.0 Å². The molecule has 1 amide bonds. The zero-order chi connectivity index (χ0) is 14.0. The van der Waals surface area contributed by atoms with Gasteiger partial charge in [0.25, 0.3) is 5.91 Å². The van der Waals surface area contributed by atoms with E-state index in [0.717, 1.165) is 11.3 Å². The number of hydrogen-bond donors (Lipinski definition) is 1. The van der Waals surface area contributed by atoms with Gasteiger partial charge in [-0.1, -0.05) is 6.07 Å². The molecule has 0 radical (unpaired) electrons. The van der Waals surface area contributed by atoms with E-state index in [-0.39, 0.29) is 17.0 Å². The van der Waals surface area contributed by atoms with Crippen molar-refractivity contribution in [1.29, 1.82) is 0 Å². The monoisotopic (exact) mass is 277 g/mol. The molecular formula is C15H16ClNO2. The fourth-order valence-electron chi connectivity index (χ4n) is 1.70. The summed E-state index contributed by atoms with van der Waals surface area (Å²) in [5.41, 5.74) is 3.08. The van der Waals surface area contributed by atoms with Gasteiger partial charge in [-0.25, -0.2) is 0 Å². The number of aryl methyl sites for hydroxylation is 2. The van der Waals surface area contributed by atoms with Crippen LogP contribution in [0.25, 0.3) is 0 Å². The van der Waals surface area contributed by atoms with Gasteiger partial charge in [0.15, 0.2) is 5.76 Å². The van der Waals surface area contributed by atoms with Crippen molar-refractivity contribution in [3.63, 3.8) is 0 Å². The quantitative estimate of drug-likeness (QED) is 0.842. The normalized spacial score (nSPS) is 12.2. The number of carbonyl (C=O) groups excluding carboxylic acids is 1. The highest BCUT2D eigenvalue weighted by Crippen LogP contribution is 2.22. The lowest BCUT2D eigenvalue weighted by molar-refractivity contribution is 0.0995. The third-order valence-corrected chi connectivity index (χ3v) is 3.22. The van der Waals surface area contributed by atoms with Crippen LogP contribution in [0.1, 0.15) is 39.7 Å². The van der Waals surface area contributed by atoms with E-state index in [9.17, 15) is 4.79 Å². The summed E-state index contributed by atoms with van der Waals surface area (Å²) in [7, 11) is 0. The van der Waals surface area contributed by atoms with Crippen molar-refractivity contribution in [1.82, 2.24) is 0 Å². The Balaban J connectivity index is 2.13. The molecule has 3 nitrogen and oxygen atoms in total. The van der Waals surface area contributed by atoms with Gasteiger partial charge in [0.1, 0.15) is 5.76 Å². The first kappa shape index (κ1) is 13.7. The molecule has 0 spiro atoms. The number of benzene rings is 1. The SMILES string of the molecule is Cc1ccc(NC(=O)c2ccc(C(C)Cl)o2)cc1C. The Morgan fingerprint density at radius 3 is 2.53 bits per heavy atom.